The molecule has 0 amide bonds. The quantitative estimate of drug-likeness (QED) is 0.779. The molecule has 0 spiro atoms. The zero-order valence-electron chi connectivity index (χ0n) is 9.45. The molecule has 0 saturated carbocycles. The molecule has 0 radical (unpaired) electrons. The molecule has 3 nitrogen and oxygen atoms in total. The van der Waals surface area contributed by atoms with Crippen molar-refractivity contribution >= 4 is 17.4 Å². The fraction of sp³-hybridized carbons (Fsp3) is 0.545. The van der Waals surface area contributed by atoms with Gasteiger partial charge >= 0.3 is 6.18 Å². The first-order valence-corrected chi connectivity index (χ1v) is 6.00. The molecule has 1 aliphatic rings. The number of aromatic nitrogens is 1. The molecular weight excluding hydrogens is 269 g/mol. The van der Waals surface area contributed by atoms with E-state index in [1.54, 1.807) is 4.90 Å². The lowest BCUT2D eigenvalue weighted by molar-refractivity contribution is -0.137. The van der Waals surface area contributed by atoms with Crippen LogP contribution in [-0.2, 0) is 10.9 Å². The molecule has 1 saturated heterocycles. The van der Waals surface area contributed by atoms with E-state index in [0.717, 1.165) is 6.07 Å². The van der Waals surface area contributed by atoms with Gasteiger partial charge in [-0.3, -0.25) is 0 Å². The predicted molar refractivity (Wildman–Crippen MR) is 61.9 cm³/mol. The average Bonchev–Trinajstić information content (AvgIpc) is 2.38. The summed E-state index contributed by atoms with van der Waals surface area (Å²) in [5.74, 6) is 0.202. The van der Waals surface area contributed by atoms with Gasteiger partial charge in [0, 0.05) is 19.3 Å². The van der Waals surface area contributed by atoms with E-state index < -0.39 is 11.7 Å². The molecule has 0 aromatic carbocycles. The molecule has 0 N–H and O–H groups in total. The molecule has 100 valence electrons. The van der Waals surface area contributed by atoms with Crippen LogP contribution in [0.1, 0.15) is 5.56 Å². The van der Waals surface area contributed by atoms with Gasteiger partial charge in [-0.2, -0.15) is 13.2 Å². The maximum atomic E-state index is 12.9. The first-order chi connectivity index (χ1) is 8.52. The molecule has 1 unspecified atom stereocenters. The Morgan fingerprint density at radius 1 is 1.50 bits per heavy atom. The average molecular weight is 281 g/mol. The summed E-state index contributed by atoms with van der Waals surface area (Å²) in [6.45, 7) is 1.06. The van der Waals surface area contributed by atoms with Gasteiger partial charge in [-0.05, 0) is 12.1 Å². The highest BCUT2D eigenvalue weighted by atomic mass is 35.5. The Kier molecular flexibility index (Phi) is 3.97. The van der Waals surface area contributed by atoms with Crippen LogP contribution in [0.4, 0.5) is 19.0 Å². The number of pyridine rings is 1. The van der Waals surface area contributed by atoms with E-state index >= 15 is 0 Å². The second-order valence-corrected chi connectivity index (χ2v) is 4.27. The van der Waals surface area contributed by atoms with E-state index in [2.05, 4.69) is 4.98 Å². The van der Waals surface area contributed by atoms with E-state index in [1.165, 1.54) is 12.3 Å². The van der Waals surface area contributed by atoms with Gasteiger partial charge in [0.2, 0.25) is 0 Å². The Bertz CT molecular complexity index is 414. The van der Waals surface area contributed by atoms with E-state index in [0.29, 0.717) is 19.7 Å². The molecule has 1 fully saturated rings. The zero-order chi connectivity index (χ0) is 13.2. The van der Waals surface area contributed by atoms with Crippen LogP contribution >= 0.6 is 11.6 Å². The number of anilines is 1. The van der Waals surface area contributed by atoms with Crippen molar-refractivity contribution in [3.05, 3.63) is 23.9 Å². The van der Waals surface area contributed by atoms with Crippen LogP contribution in [-0.4, -0.2) is 36.7 Å². The third-order valence-corrected chi connectivity index (χ3v) is 3.05. The first-order valence-electron chi connectivity index (χ1n) is 5.47. The number of hydrogen-bond acceptors (Lipinski definition) is 3. The summed E-state index contributed by atoms with van der Waals surface area (Å²) in [6.07, 6.45) is -3.31. The van der Waals surface area contributed by atoms with Crippen molar-refractivity contribution in [1.29, 1.82) is 0 Å². The molecule has 7 heteroatoms. The van der Waals surface area contributed by atoms with Crippen molar-refractivity contribution in [1.82, 2.24) is 4.98 Å². The molecule has 2 heterocycles. The lowest BCUT2D eigenvalue weighted by Crippen LogP contribution is -2.44. The van der Waals surface area contributed by atoms with E-state index in [9.17, 15) is 13.2 Å². The fourth-order valence-electron chi connectivity index (χ4n) is 1.88. The van der Waals surface area contributed by atoms with Gasteiger partial charge in [0.1, 0.15) is 5.82 Å². The van der Waals surface area contributed by atoms with Gasteiger partial charge in [-0.25, -0.2) is 4.98 Å². The number of hydrogen-bond donors (Lipinski definition) is 0. The molecule has 1 aliphatic heterocycles. The fourth-order valence-corrected chi connectivity index (χ4v) is 2.06. The van der Waals surface area contributed by atoms with E-state index in [-0.39, 0.29) is 17.8 Å². The highest BCUT2D eigenvalue weighted by Crippen LogP contribution is 2.35. The minimum absolute atomic E-state index is 0.0524. The Balaban J connectivity index is 2.27. The topological polar surface area (TPSA) is 25.4 Å². The van der Waals surface area contributed by atoms with Crippen molar-refractivity contribution in [2.24, 2.45) is 0 Å². The van der Waals surface area contributed by atoms with Crippen molar-refractivity contribution in [3.8, 4) is 0 Å². The third-order valence-electron chi connectivity index (χ3n) is 2.70. The lowest BCUT2D eigenvalue weighted by atomic mass is 10.2. The standard InChI is InChI=1S/C11H12ClF3N2O/c12-6-8-7-17(4-5-18-8)10-9(11(13,14)15)2-1-3-16-10/h1-3,8H,4-7H2. The number of rotatable bonds is 2. The Hall–Kier alpha value is -1.01. The van der Waals surface area contributed by atoms with E-state index in [1.807, 2.05) is 0 Å². The van der Waals surface area contributed by atoms with Gasteiger partial charge in [0.15, 0.2) is 0 Å². The first kappa shape index (κ1) is 13.4. The van der Waals surface area contributed by atoms with Gasteiger partial charge in [0.05, 0.1) is 24.2 Å². The van der Waals surface area contributed by atoms with Crippen LogP contribution in [0.3, 0.4) is 0 Å². The monoisotopic (exact) mass is 280 g/mol. The summed E-state index contributed by atoms with van der Waals surface area (Å²) in [6, 6.07) is 2.32. The predicted octanol–water partition coefficient (Wildman–Crippen LogP) is 2.54. The highest BCUT2D eigenvalue weighted by Gasteiger charge is 2.36. The second-order valence-electron chi connectivity index (χ2n) is 3.97. The summed E-state index contributed by atoms with van der Waals surface area (Å²) in [7, 11) is 0. The SMILES string of the molecule is FC(F)(F)c1cccnc1N1CCOC(CCl)C1. The highest BCUT2D eigenvalue weighted by molar-refractivity contribution is 6.18. The molecule has 18 heavy (non-hydrogen) atoms. The molecule has 0 aliphatic carbocycles. The summed E-state index contributed by atoms with van der Waals surface area (Å²) < 4.78 is 43.9. The summed E-state index contributed by atoms with van der Waals surface area (Å²) in [5.41, 5.74) is -0.722. The Morgan fingerprint density at radius 3 is 2.94 bits per heavy atom. The summed E-state index contributed by atoms with van der Waals surface area (Å²) >= 11 is 5.67. The molecule has 2 rings (SSSR count). The normalized spacial score (nSPS) is 21.1. The van der Waals surface area contributed by atoms with E-state index in [4.69, 9.17) is 16.3 Å². The number of morpholine rings is 1. The molecule has 0 bridgehead atoms. The van der Waals surface area contributed by atoms with Crippen LogP contribution in [0.5, 0.6) is 0 Å². The van der Waals surface area contributed by atoms with Crippen molar-refractivity contribution in [2.75, 3.05) is 30.5 Å². The molecule has 1 aromatic rings. The Morgan fingerprint density at radius 2 is 2.28 bits per heavy atom. The van der Waals surface area contributed by atoms with Crippen molar-refractivity contribution < 1.29 is 17.9 Å². The zero-order valence-corrected chi connectivity index (χ0v) is 10.2. The van der Waals surface area contributed by atoms with Gasteiger partial charge < -0.3 is 9.64 Å². The van der Waals surface area contributed by atoms with Crippen molar-refractivity contribution in [3.63, 3.8) is 0 Å². The second kappa shape index (κ2) is 5.32. The number of alkyl halides is 4. The maximum absolute atomic E-state index is 12.9. The largest absolute Gasteiger partial charge is 0.419 e. The summed E-state index contributed by atoms with van der Waals surface area (Å²) in [4.78, 5) is 5.41. The molecule has 1 atom stereocenters. The van der Waals surface area contributed by atoms with Crippen LogP contribution in [0.25, 0.3) is 0 Å². The van der Waals surface area contributed by atoms with Gasteiger partial charge in [-0.1, -0.05) is 0 Å². The number of ether oxygens (including phenoxy) is 1. The van der Waals surface area contributed by atoms with Gasteiger partial charge in [-0.15, -0.1) is 11.6 Å². The Labute approximate surface area is 108 Å². The smallest absolute Gasteiger partial charge is 0.373 e. The number of halogens is 4. The van der Waals surface area contributed by atoms with Crippen LogP contribution in [0.2, 0.25) is 0 Å². The maximum Gasteiger partial charge on any atom is 0.419 e. The molecule has 1 aromatic heterocycles. The van der Waals surface area contributed by atoms with Crippen LogP contribution < -0.4 is 4.90 Å². The van der Waals surface area contributed by atoms with Crippen LogP contribution in [0.15, 0.2) is 18.3 Å². The minimum atomic E-state index is -4.40. The van der Waals surface area contributed by atoms with Crippen molar-refractivity contribution in [2.45, 2.75) is 12.3 Å². The number of nitrogens with zero attached hydrogens (tertiary/aromatic N) is 2. The minimum Gasteiger partial charge on any atom is -0.373 e. The lowest BCUT2D eigenvalue weighted by Gasteiger charge is -2.34. The summed E-state index contributed by atoms with van der Waals surface area (Å²) in [5, 5.41) is 0. The van der Waals surface area contributed by atoms with Crippen LogP contribution in [0, 0.1) is 0 Å². The third kappa shape index (κ3) is 2.87. The molecular formula is C11H12ClF3N2O. The van der Waals surface area contributed by atoms with Gasteiger partial charge in [0.25, 0.3) is 0 Å².